The summed E-state index contributed by atoms with van der Waals surface area (Å²) in [7, 11) is 0. The molecule has 0 aliphatic carbocycles. The minimum atomic E-state index is -0.450. The van der Waals surface area contributed by atoms with E-state index in [4.69, 9.17) is 5.73 Å². The fraction of sp³-hybridized carbons (Fsp3) is 0.0556. The van der Waals surface area contributed by atoms with Gasteiger partial charge in [-0.25, -0.2) is 9.97 Å². The zero-order valence-corrected chi connectivity index (χ0v) is 12.7. The van der Waals surface area contributed by atoms with Crippen LogP contribution in [0.3, 0.4) is 0 Å². The lowest BCUT2D eigenvalue weighted by molar-refractivity contribution is 0.100. The van der Waals surface area contributed by atoms with Crippen molar-refractivity contribution in [2.45, 2.75) is 6.92 Å². The summed E-state index contributed by atoms with van der Waals surface area (Å²) in [5, 5.41) is 3.12. The lowest BCUT2D eigenvalue weighted by Crippen LogP contribution is -2.10. The predicted molar refractivity (Wildman–Crippen MR) is 90.4 cm³/mol. The second kappa shape index (κ2) is 6.27. The van der Waals surface area contributed by atoms with Crippen LogP contribution in [0.15, 0.2) is 60.8 Å². The average molecular weight is 304 g/mol. The third kappa shape index (κ3) is 3.52. The fourth-order valence-electron chi connectivity index (χ4n) is 2.15. The van der Waals surface area contributed by atoms with Crippen molar-refractivity contribution in [1.29, 1.82) is 0 Å². The van der Waals surface area contributed by atoms with Crippen LogP contribution in [0.1, 0.15) is 15.9 Å². The van der Waals surface area contributed by atoms with Gasteiger partial charge in [-0.1, -0.05) is 29.8 Å². The Balaban J connectivity index is 1.82. The Labute approximate surface area is 134 Å². The van der Waals surface area contributed by atoms with Gasteiger partial charge in [-0.15, -0.1) is 0 Å². The summed E-state index contributed by atoms with van der Waals surface area (Å²) in [5.41, 5.74) is 9.56. The standard InChI is InChI=1S/C18H16N4O/c1-12-2-4-13(5-3-12)16-10-11-20-18(22-16)21-15-8-6-14(7-9-15)17(19)23/h2-11H,1H3,(H2,19,23)(H,20,21,22). The van der Waals surface area contributed by atoms with Crippen molar-refractivity contribution >= 4 is 17.5 Å². The Morgan fingerprint density at radius 2 is 1.70 bits per heavy atom. The molecule has 0 saturated heterocycles. The summed E-state index contributed by atoms with van der Waals surface area (Å²) in [4.78, 5) is 19.8. The SMILES string of the molecule is Cc1ccc(-c2ccnc(Nc3ccc(C(N)=O)cc3)n2)cc1. The number of hydrogen-bond donors (Lipinski definition) is 2. The van der Waals surface area contributed by atoms with Gasteiger partial charge in [0, 0.05) is 23.0 Å². The Morgan fingerprint density at radius 3 is 2.35 bits per heavy atom. The minimum Gasteiger partial charge on any atom is -0.366 e. The molecule has 3 rings (SSSR count). The van der Waals surface area contributed by atoms with Crippen molar-refractivity contribution in [2.24, 2.45) is 5.73 Å². The van der Waals surface area contributed by atoms with Crippen LogP contribution < -0.4 is 11.1 Å². The summed E-state index contributed by atoms with van der Waals surface area (Å²) < 4.78 is 0. The maximum atomic E-state index is 11.1. The maximum Gasteiger partial charge on any atom is 0.248 e. The van der Waals surface area contributed by atoms with E-state index in [0.29, 0.717) is 11.5 Å². The largest absolute Gasteiger partial charge is 0.366 e. The van der Waals surface area contributed by atoms with Gasteiger partial charge in [-0.05, 0) is 37.3 Å². The molecule has 1 aromatic heterocycles. The van der Waals surface area contributed by atoms with Crippen molar-refractivity contribution in [2.75, 3.05) is 5.32 Å². The highest BCUT2D eigenvalue weighted by Gasteiger charge is 2.04. The lowest BCUT2D eigenvalue weighted by Gasteiger charge is -2.07. The quantitative estimate of drug-likeness (QED) is 0.775. The first kappa shape index (κ1) is 14.7. The molecule has 3 aromatic rings. The van der Waals surface area contributed by atoms with Crippen LogP contribution in [0.4, 0.5) is 11.6 Å². The molecule has 1 amide bonds. The predicted octanol–water partition coefficient (Wildman–Crippen LogP) is 3.29. The van der Waals surface area contributed by atoms with Crippen LogP contribution in [0, 0.1) is 6.92 Å². The molecule has 0 aliphatic heterocycles. The van der Waals surface area contributed by atoms with E-state index in [1.165, 1.54) is 5.56 Å². The van der Waals surface area contributed by atoms with Crippen molar-refractivity contribution in [3.8, 4) is 11.3 Å². The number of hydrogen-bond acceptors (Lipinski definition) is 4. The van der Waals surface area contributed by atoms with E-state index in [9.17, 15) is 4.79 Å². The molecule has 5 nitrogen and oxygen atoms in total. The third-order valence-electron chi connectivity index (χ3n) is 3.43. The van der Waals surface area contributed by atoms with Gasteiger partial charge in [0.05, 0.1) is 5.69 Å². The molecule has 0 bridgehead atoms. The smallest absolute Gasteiger partial charge is 0.248 e. The van der Waals surface area contributed by atoms with Gasteiger partial charge in [-0.3, -0.25) is 4.79 Å². The molecular weight excluding hydrogens is 288 g/mol. The van der Waals surface area contributed by atoms with Crippen molar-refractivity contribution in [1.82, 2.24) is 9.97 Å². The monoisotopic (exact) mass is 304 g/mol. The number of carbonyl (C=O) groups excluding carboxylic acids is 1. The summed E-state index contributed by atoms with van der Waals surface area (Å²) in [6.07, 6.45) is 1.71. The van der Waals surface area contributed by atoms with Crippen molar-refractivity contribution < 1.29 is 4.79 Å². The van der Waals surface area contributed by atoms with Crippen LogP contribution in [0.25, 0.3) is 11.3 Å². The van der Waals surface area contributed by atoms with E-state index in [0.717, 1.165) is 16.9 Å². The number of nitrogens with zero attached hydrogens (tertiary/aromatic N) is 2. The topological polar surface area (TPSA) is 80.9 Å². The van der Waals surface area contributed by atoms with E-state index < -0.39 is 5.91 Å². The van der Waals surface area contributed by atoms with Crippen LogP contribution in [0.5, 0.6) is 0 Å². The van der Waals surface area contributed by atoms with E-state index >= 15 is 0 Å². The van der Waals surface area contributed by atoms with Crippen molar-refractivity contribution in [3.05, 3.63) is 71.9 Å². The molecule has 0 fully saturated rings. The Hall–Kier alpha value is -3.21. The summed E-state index contributed by atoms with van der Waals surface area (Å²) in [6.45, 7) is 2.05. The summed E-state index contributed by atoms with van der Waals surface area (Å²) in [5.74, 6) is 0.0454. The van der Waals surface area contributed by atoms with Crippen molar-refractivity contribution in [3.63, 3.8) is 0 Å². The highest BCUT2D eigenvalue weighted by Crippen LogP contribution is 2.20. The average Bonchev–Trinajstić information content (AvgIpc) is 2.56. The third-order valence-corrected chi connectivity index (χ3v) is 3.43. The molecule has 0 unspecified atom stereocenters. The number of nitrogens with one attached hydrogen (secondary N) is 1. The van der Waals surface area contributed by atoms with Gasteiger partial charge in [-0.2, -0.15) is 0 Å². The summed E-state index contributed by atoms with van der Waals surface area (Å²) >= 11 is 0. The molecule has 0 radical (unpaired) electrons. The first-order chi connectivity index (χ1) is 11.1. The number of anilines is 2. The van der Waals surface area contributed by atoms with Crippen LogP contribution >= 0.6 is 0 Å². The molecule has 0 atom stereocenters. The highest BCUT2D eigenvalue weighted by atomic mass is 16.1. The normalized spacial score (nSPS) is 10.3. The number of benzene rings is 2. The van der Waals surface area contributed by atoms with Gasteiger partial charge in [0.25, 0.3) is 0 Å². The molecule has 23 heavy (non-hydrogen) atoms. The lowest BCUT2D eigenvalue weighted by atomic mass is 10.1. The fourth-order valence-corrected chi connectivity index (χ4v) is 2.15. The number of aromatic nitrogens is 2. The minimum absolute atomic E-state index is 0.450. The molecule has 0 saturated carbocycles. The summed E-state index contributed by atoms with van der Waals surface area (Å²) in [6, 6.07) is 16.9. The van der Waals surface area contributed by atoms with Crippen LogP contribution in [0.2, 0.25) is 0 Å². The molecule has 1 heterocycles. The van der Waals surface area contributed by atoms with Gasteiger partial charge in [0.1, 0.15) is 0 Å². The number of carbonyl (C=O) groups is 1. The second-order valence-corrected chi connectivity index (χ2v) is 5.20. The van der Waals surface area contributed by atoms with Crippen LogP contribution in [-0.2, 0) is 0 Å². The molecule has 114 valence electrons. The first-order valence-electron chi connectivity index (χ1n) is 7.19. The van der Waals surface area contributed by atoms with E-state index in [1.807, 2.05) is 37.3 Å². The molecule has 3 N–H and O–H groups in total. The Bertz CT molecular complexity index is 826. The van der Waals surface area contributed by atoms with Crippen LogP contribution in [-0.4, -0.2) is 15.9 Å². The number of primary amides is 1. The maximum absolute atomic E-state index is 11.1. The number of amides is 1. The molecule has 5 heteroatoms. The molecular formula is C18H16N4O. The zero-order chi connectivity index (χ0) is 16.2. The van der Waals surface area contributed by atoms with E-state index in [-0.39, 0.29) is 0 Å². The van der Waals surface area contributed by atoms with E-state index in [2.05, 4.69) is 15.3 Å². The Morgan fingerprint density at radius 1 is 1.00 bits per heavy atom. The number of aryl methyl sites for hydroxylation is 1. The van der Waals surface area contributed by atoms with Gasteiger partial charge < -0.3 is 11.1 Å². The molecule has 0 spiro atoms. The van der Waals surface area contributed by atoms with E-state index in [1.54, 1.807) is 30.5 Å². The number of nitrogens with two attached hydrogens (primary N) is 1. The zero-order valence-electron chi connectivity index (χ0n) is 12.7. The highest BCUT2D eigenvalue weighted by molar-refractivity contribution is 5.93. The Kier molecular flexibility index (Phi) is 4.01. The van der Waals surface area contributed by atoms with Gasteiger partial charge >= 0.3 is 0 Å². The second-order valence-electron chi connectivity index (χ2n) is 5.20. The number of rotatable bonds is 4. The molecule has 0 aliphatic rings. The molecule has 2 aromatic carbocycles. The first-order valence-corrected chi connectivity index (χ1v) is 7.19. The van der Waals surface area contributed by atoms with Gasteiger partial charge in [0.15, 0.2) is 0 Å². The van der Waals surface area contributed by atoms with Gasteiger partial charge in [0.2, 0.25) is 11.9 Å².